The third-order valence-electron chi connectivity index (χ3n) is 5.58. The summed E-state index contributed by atoms with van der Waals surface area (Å²) in [7, 11) is -0.501. The Morgan fingerprint density at radius 2 is 1.69 bits per heavy atom. The van der Waals surface area contributed by atoms with E-state index in [1.165, 1.54) is 34.8 Å². The van der Waals surface area contributed by atoms with Crippen LogP contribution in [0.5, 0.6) is 0 Å². The van der Waals surface area contributed by atoms with Gasteiger partial charge in [-0.1, -0.05) is 24.3 Å². The third kappa shape index (κ3) is 3.97. The summed E-state index contributed by atoms with van der Waals surface area (Å²) in [6, 6.07) is 19.5. The summed E-state index contributed by atoms with van der Waals surface area (Å²) < 4.78 is 28.4. The molecule has 0 fully saturated rings. The molecule has 0 unspecified atom stereocenters. The summed E-state index contributed by atoms with van der Waals surface area (Å²) in [5.74, 6) is 0. The highest BCUT2D eigenvalue weighted by molar-refractivity contribution is 7.89. The number of aromatic nitrogens is 1. The average molecular weight is 467 g/mol. The number of aryl methyl sites for hydroxylation is 2. The molecule has 8 heteroatoms. The Kier molecular flexibility index (Phi) is 5.94. The summed E-state index contributed by atoms with van der Waals surface area (Å²) in [5.41, 5.74) is 4.79. The molecule has 0 amide bonds. The number of hydrogen-bond donors (Lipinski definition) is 2. The molecule has 0 atom stereocenters. The zero-order chi connectivity index (χ0) is 23.0. The molecule has 0 spiro atoms. The van der Waals surface area contributed by atoms with E-state index in [9.17, 15) is 8.42 Å². The number of sulfonamides is 1. The first-order valence-corrected chi connectivity index (χ1v) is 12.2. The van der Waals surface area contributed by atoms with Gasteiger partial charge in [-0.15, -0.1) is 0 Å². The second-order valence-corrected chi connectivity index (χ2v) is 10.4. The van der Waals surface area contributed by atoms with Crippen molar-refractivity contribution in [1.29, 1.82) is 0 Å². The molecule has 166 valence electrons. The maximum atomic E-state index is 12.5. The van der Waals surface area contributed by atoms with Gasteiger partial charge in [-0.2, -0.15) is 0 Å². The van der Waals surface area contributed by atoms with E-state index in [2.05, 4.69) is 52.5 Å². The lowest BCUT2D eigenvalue weighted by atomic mass is 10.1. The first kappa shape index (κ1) is 22.3. The molecule has 32 heavy (non-hydrogen) atoms. The van der Waals surface area contributed by atoms with Crippen molar-refractivity contribution >= 4 is 60.5 Å². The molecule has 0 radical (unpaired) electrons. The average Bonchev–Trinajstić information content (AvgIpc) is 3.08. The zero-order valence-corrected chi connectivity index (χ0v) is 20.1. The molecular formula is C24H26N4O2S2. The molecule has 1 heterocycles. The number of rotatable bonds is 5. The molecule has 0 saturated carbocycles. The number of anilines is 2. The number of nitrogens with one attached hydrogen (secondary N) is 2. The van der Waals surface area contributed by atoms with Crippen LogP contribution in [0.25, 0.3) is 21.8 Å². The molecule has 0 saturated heterocycles. The van der Waals surface area contributed by atoms with Gasteiger partial charge in [-0.25, -0.2) is 12.7 Å². The van der Waals surface area contributed by atoms with E-state index < -0.39 is 10.0 Å². The van der Waals surface area contributed by atoms with Crippen LogP contribution in [-0.2, 0) is 16.6 Å². The van der Waals surface area contributed by atoms with Gasteiger partial charge in [0.05, 0.1) is 4.90 Å². The minimum Gasteiger partial charge on any atom is -0.341 e. The predicted molar refractivity (Wildman–Crippen MR) is 137 cm³/mol. The number of benzene rings is 3. The topological polar surface area (TPSA) is 66.4 Å². The van der Waals surface area contributed by atoms with E-state index in [4.69, 9.17) is 12.2 Å². The maximum Gasteiger partial charge on any atom is 0.242 e. The van der Waals surface area contributed by atoms with Gasteiger partial charge in [0.15, 0.2) is 5.11 Å². The molecule has 2 N–H and O–H groups in total. The van der Waals surface area contributed by atoms with Crippen LogP contribution in [0.4, 0.5) is 11.4 Å². The number of fused-ring (bicyclic) bond motifs is 3. The molecule has 0 bridgehead atoms. The highest BCUT2D eigenvalue weighted by Gasteiger charge is 2.18. The first-order chi connectivity index (χ1) is 15.2. The highest BCUT2D eigenvalue weighted by Crippen LogP contribution is 2.31. The van der Waals surface area contributed by atoms with Crippen LogP contribution in [0.3, 0.4) is 0 Å². The first-order valence-electron chi connectivity index (χ1n) is 10.3. The van der Waals surface area contributed by atoms with Crippen LogP contribution >= 0.6 is 12.2 Å². The molecule has 1 aromatic heterocycles. The van der Waals surface area contributed by atoms with Crippen LogP contribution in [0.2, 0.25) is 0 Å². The van der Waals surface area contributed by atoms with Crippen molar-refractivity contribution in [3.05, 3.63) is 66.2 Å². The van der Waals surface area contributed by atoms with Crippen molar-refractivity contribution < 1.29 is 8.42 Å². The molecule has 3 aromatic carbocycles. The van der Waals surface area contributed by atoms with E-state index in [-0.39, 0.29) is 4.90 Å². The minimum atomic E-state index is -3.53. The van der Waals surface area contributed by atoms with E-state index in [0.29, 0.717) is 10.8 Å². The van der Waals surface area contributed by atoms with Crippen LogP contribution < -0.4 is 10.6 Å². The quantitative estimate of drug-likeness (QED) is 0.397. The number of nitrogens with zero attached hydrogens (tertiary/aromatic N) is 2. The van der Waals surface area contributed by atoms with Crippen LogP contribution in [-0.4, -0.2) is 36.5 Å². The number of thiocarbonyl (C=S) groups is 1. The Hall–Kier alpha value is -2.94. The molecule has 6 nitrogen and oxygen atoms in total. The normalized spacial score (nSPS) is 11.9. The van der Waals surface area contributed by atoms with Gasteiger partial charge < -0.3 is 15.2 Å². The van der Waals surface area contributed by atoms with Crippen molar-refractivity contribution in [1.82, 2.24) is 8.87 Å². The standard InChI is InChI=1S/C24H26N4O2S2/c1-5-28-22-9-7-6-8-19(22)20-14-17(11-13-23(20)28)25-24(31)26-21-15-18(12-10-16(21)2)32(29,30)27(3)4/h6-15H,5H2,1-4H3,(H2,25,26,31). The third-order valence-corrected chi connectivity index (χ3v) is 7.60. The van der Waals surface area contributed by atoms with Gasteiger partial charge in [-0.3, -0.25) is 0 Å². The smallest absolute Gasteiger partial charge is 0.242 e. The van der Waals surface area contributed by atoms with Crippen LogP contribution in [0.1, 0.15) is 12.5 Å². The van der Waals surface area contributed by atoms with Gasteiger partial charge in [0.25, 0.3) is 0 Å². The minimum absolute atomic E-state index is 0.215. The van der Waals surface area contributed by atoms with Crippen molar-refractivity contribution in [2.24, 2.45) is 0 Å². The fourth-order valence-electron chi connectivity index (χ4n) is 3.86. The maximum absolute atomic E-state index is 12.5. The lowest BCUT2D eigenvalue weighted by molar-refractivity contribution is 0.521. The Labute approximate surface area is 193 Å². The summed E-state index contributed by atoms with van der Waals surface area (Å²) in [6.07, 6.45) is 0. The van der Waals surface area contributed by atoms with Gasteiger partial charge in [0, 0.05) is 53.8 Å². The summed E-state index contributed by atoms with van der Waals surface area (Å²) in [5, 5.41) is 9.13. The van der Waals surface area contributed by atoms with Crippen molar-refractivity contribution in [3.8, 4) is 0 Å². The molecule has 0 aliphatic rings. The lowest BCUT2D eigenvalue weighted by Crippen LogP contribution is -2.23. The van der Waals surface area contributed by atoms with Crippen LogP contribution in [0, 0.1) is 6.92 Å². The van der Waals surface area contributed by atoms with Gasteiger partial charge in [0.1, 0.15) is 0 Å². The van der Waals surface area contributed by atoms with Gasteiger partial charge >= 0.3 is 0 Å². The Balaban J connectivity index is 1.62. The Morgan fingerprint density at radius 3 is 2.41 bits per heavy atom. The lowest BCUT2D eigenvalue weighted by Gasteiger charge is -2.16. The zero-order valence-electron chi connectivity index (χ0n) is 18.5. The number of hydrogen-bond acceptors (Lipinski definition) is 3. The van der Waals surface area contributed by atoms with Crippen LogP contribution in [0.15, 0.2) is 65.6 Å². The van der Waals surface area contributed by atoms with E-state index in [1.807, 2.05) is 19.1 Å². The highest BCUT2D eigenvalue weighted by atomic mass is 32.2. The Morgan fingerprint density at radius 1 is 0.969 bits per heavy atom. The molecule has 4 rings (SSSR count). The molecule has 0 aliphatic carbocycles. The monoisotopic (exact) mass is 466 g/mol. The van der Waals surface area contributed by atoms with E-state index in [0.717, 1.165) is 23.2 Å². The fourth-order valence-corrected chi connectivity index (χ4v) is 5.02. The predicted octanol–water partition coefficient (Wildman–Crippen LogP) is 5.18. The van der Waals surface area contributed by atoms with Crippen molar-refractivity contribution in [3.63, 3.8) is 0 Å². The molecule has 4 aromatic rings. The van der Waals surface area contributed by atoms with Gasteiger partial charge in [-0.05, 0) is 68.0 Å². The number of para-hydroxylation sites is 1. The van der Waals surface area contributed by atoms with Crippen molar-refractivity contribution in [2.45, 2.75) is 25.3 Å². The fraction of sp³-hybridized carbons (Fsp3) is 0.208. The van der Waals surface area contributed by atoms with E-state index in [1.54, 1.807) is 18.2 Å². The molecule has 0 aliphatic heterocycles. The largest absolute Gasteiger partial charge is 0.341 e. The molecular weight excluding hydrogens is 440 g/mol. The van der Waals surface area contributed by atoms with Crippen molar-refractivity contribution in [2.75, 3.05) is 24.7 Å². The summed E-state index contributed by atoms with van der Waals surface area (Å²) in [6.45, 7) is 4.94. The van der Waals surface area contributed by atoms with Gasteiger partial charge in [0.2, 0.25) is 10.0 Å². The Bertz CT molecular complexity index is 1440. The second kappa shape index (κ2) is 8.54. The second-order valence-electron chi connectivity index (χ2n) is 7.84. The van der Waals surface area contributed by atoms with E-state index >= 15 is 0 Å². The summed E-state index contributed by atoms with van der Waals surface area (Å²) in [4.78, 5) is 0.215. The SMILES string of the molecule is CCn1c2ccccc2c2cc(NC(=S)Nc3cc(S(=O)(=O)N(C)C)ccc3C)ccc21. The summed E-state index contributed by atoms with van der Waals surface area (Å²) >= 11 is 5.53.